The average Bonchev–Trinajstić information content (AvgIpc) is 2.65. The molecule has 2 unspecified atom stereocenters. The van der Waals surface area contributed by atoms with Crippen molar-refractivity contribution in [3.63, 3.8) is 0 Å². The van der Waals surface area contributed by atoms with E-state index in [9.17, 15) is 0 Å². The fraction of sp³-hybridized carbons (Fsp3) is 0.556. The molecular weight excluding hydrogens is 254 g/mol. The molecule has 1 aromatic rings. The smallest absolute Gasteiger partial charge is 0.0561 e. The van der Waals surface area contributed by atoms with Gasteiger partial charge in [0.25, 0.3) is 0 Å². The molecule has 0 saturated carbocycles. The predicted octanol–water partition coefficient (Wildman–Crippen LogP) is 3.25. The maximum atomic E-state index is 6.21. The van der Waals surface area contributed by atoms with Crippen LogP contribution in [0.5, 0.6) is 0 Å². The van der Waals surface area contributed by atoms with Crippen molar-refractivity contribution in [1.82, 2.24) is 0 Å². The molecule has 2 atom stereocenters. The van der Waals surface area contributed by atoms with Crippen LogP contribution in [-0.2, 0) is 0 Å². The van der Waals surface area contributed by atoms with Crippen LogP contribution in [0.1, 0.15) is 10.9 Å². The molecule has 5 heteroatoms. The van der Waals surface area contributed by atoms with E-state index in [0.717, 1.165) is 15.7 Å². The van der Waals surface area contributed by atoms with Crippen molar-refractivity contribution in [2.24, 2.45) is 5.73 Å². The van der Waals surface area contributed by atoms with Gasteiger partial charge in [0.1, 0.15) is 0 Å². The molecule has 2 rings (SSSR count). The molecule has 14 heavy (non-hydrogen) atoms. The number of nitrogens with two attached hydrogens (primary N) is 1. The van der Waals surface area contributed by atoms with E-state index < -0.39 is 0 Å². The van der Waals surface area contributed by atoms with Crippen molar-refractivity contribution >= 4 is 46.5 Å². The number of rotatable bonds is 2. The Morgan fingerprint density at radius 1 is 1.50 bits per heavy atom. The van der Waals surface area contributed by atoms with Gasteiger partial charge < -0.3 is 5.73 Å². The summed E-state index contributed by atoms with van der Waals surface area (Å²) in [5.41, 5.74) is 6.21. The van der Waals surface area contributed by atoms with Crippen molar-refractivity contribution in [2.45, 2.75) is 11.3 Å². The maximum absolute atomic E-state index is 6.21. The summed E-state index contributed by atoms with van der Waals surface area (Å²) < 4.78 is 0. The third-order valence-corrected chi connectivity index (χ3v) is 6.53. The molecule has 1 aromatic heterocycles. The van der Waals surface area contributed by atoms with Crippen molar-refractivity contribution in [3.05, 3.63) is 21.3 Å². The highest BCUT2D eigenvalue weighted by atomic mass is 35.5. The molecule has 1 fully saturated rings. The predicted molar refractivity (Wildman–Crippen MR) is 69.8 cm³/mol. The fourth-order valence-corrected chi connectivity index (χ4v) is 5.54. The summed E-state index contributed by atoms with van der Waals surface area (Å²) in [4.78, 5) is 1.15. The molecule has 0 bridgehead atoms. The van der Waals surface area contributed by atoms with Crippen LogP contribution in [0.3, 0.4) is 0 Å². The van der Waals surface area contributed by atoms with Gasteiger partial charge in [-0.2, -0.15) is 23.5 Å². The van der Waals surface area contributed by atoms with Gasteiger partial charge in [0, 0.05) is 27.4 Å². The summed E-state index contributed by atoms with van der Waals surface area (Å²) in [6.45, 7) is 0. The van der Waals surface area contributed by atoms with E-state index in [2.05, 4.69) is 0 Å². The molecule has 1 aliphatic rings. The van der Waals surface area contributed by atoms with Gasteiger partial charge in [0.05, 0.1) is 11.1 Å². The summed E-state index contributed by atoms with van der Waals surface area (Å²) in [7, 11) is 0. The second-order valence-electron chi connectivity index (χ2n) is 3.14. The first-order valence-corrected chi connectivity index (χ1v) is 7.93. The van der Waals surface area contributed by atoms with Crippen LogP contribution < -0.4 is 5.73 Å². The van der Waals surface area contributed by atoms with Crippen LogP contribution in [0.4, 0.5) is 0 Å². The average molecular weight is 266 g/mol. The molecule has 78 valence electrons. The number of halogens is 1. The summed E-state index contributed by atoms with van der Waals surface area (Å²) in [5, 5.41) is 3.38. The molecule has 0 aliphatic carbocycles. The minimum Gasteiger partial charge on any atom is -0.322 e. The topological polar surface area (TPSA) is 26.0 Å². The lowest BCUT2D eigenvalue weighted by atomic mass is 10.2. The zero-order valence-corrected chi connectivity index (χ0v) is 10.8. The molecule has 1 saturated heterocycles. The number of thioether (sulfide) groups is 2. The highest BCUT2D eigenvalue weighted by Gasteiger charge is 2.25. The second-order valence-corrected chi connectivity index (χ2v) is 6.99. The normalized spacial score (nSPS) is 24.9. The lowest BCUT2D eigenvalue weighted by Crippen LogP contribution is -2.28. The van der Waals surface area contributed by atoms with Crippen LogP contribution in [0.25, 0.3) is 0 Å². The largest absolute Gasteiger partial charge is 0.322 e. The van der Waals surface area contributed by atoms with E-state index >= 15 is 0 Å². The Balaban J connectivity index is 2.07. The van der Waals surface area contributed by atoms with Gasteiger partial charge in [-0.15, -0.1) is 11.3 Å². The van der Waals surface area contributed by atoms with Crippen molar-refractivity contribution in [1.29, 1.82) is 0 Å². The Hall–Kier alpha value is 0.650. The maximum Gasteiger partial charge on any atom is 0.0561 e. The SMILES string of the molecule is NC(c1sccc1Cl)C1CSCCS1. The molecule has 1 nitrogen and oxygen atoms in total. The third-order valence-electron chi connectivity index (χ3n) is 2.19. The van der Waals surface area contributed by atoms with E-state index in [1.54, 1.807) is 11.3 Å². The summed E-state index contributed by atoms with van der Waals surface area (Å²) >= 11 is 11.7. The van der Waals surface area contributed by atoms with Gasteiger partial charge >= 0.3 is 0 Å². The number of hydrogen-bond donors (Lipinski definition) is 1. The van der Waals surface area contributed by atoms with Crippen molar-refractivity contribution < 1.29 is 0 Å². The summed E-state index contributed by atoms with van der Waals surface area (Å²) in [5.74, 6) is 3.62. The Kier molecular flexibility index (Phi) is 4.08. The van der Waals surface area contributed by atoms with Gasteiger partial charge in [-0.05, 0) is 11.4 Å². The second kappa shape index (κ2) is 5.12. The molecular formula is C9H12ClNS3. The quantitative estimate of drug-likeness (QED) is 0.889. The molecule has 1 aliphatic heterocycles. The van der Waals surface area contributed by atoms with Crippen LogP contribution in [-0.4, -0.2) is 22.5 Å². The van der Waals surface area contributed by atoms with Crippen LogP contribution in [0, 0.1) is 0 Å². The zero-order valence-electron chi connectivity index (χ0n) is 7.61. The molecule has 0 radical (unpaired) electrons. The standard InChI is InChI=1S/C9H12ClNS3/c10-6-1-2-14-9(6)8(11)7-5-12-3-4-13-7/h1-2,7-8H,3-5,11H2. The fourth-order valence-electron chi connectivity index (χ4n) is 1.43. The Labute approximate surface area is 102 Å². The first-order chi connectivity index (χ1) is 6.79. The van der Waals surface area contributed by atoms with Crippen molar-refractivity contribution in [2.75, 3.05) is 17.3 Å². The monoisotopic (exact) mass is 265 g/mol. The highest BCUT2D eigenvalue weighted by molar-refractivity contribution is 8.06. The lowest BCUT2D eigenvalue weighted by molar-refractivity contribution is 0.734. The summed E-state index contributed by atoms with van der Waals surface area (Å²) in [6.07, 6.45) is 0. The van der Waals surface area contributed by atoms with Crippen LogP contribution in [0.15, 0.2) is 11.4 Å². The Morgan fingerprint density at radius 2 is 2.36 bits per heavy atom. The Bertz CT molecular complexity index is 296. The van der Waals surface area contributed by atoms with E-state index in [1.807, 2.05) is 35.0 Å². The van der Waals surface area contributed by atoms with E-state index in [1.165, 1.54) is 11.5 Å². The van der Waals surface area contributed by atoms with Gasteiger partial charge in [0.2, 0.25) is 0 Å². The van der Waals surface area contributed by atoms with E-state index in [4.69, 9.17) is 17.3 Å². The van der Waals surface area contributed by atoms with Crippen molar-refractivity contribution in [3.8, 4) is 0 Å². The first-order valence-electron chi connectivity index (χ1n) is 4.47. The first kappa shape index (κ1) is 11.1. The number of hydrogen-bond acceptors (Lipinski definition) is 4. The molecule has 0 aromatic carbocycles. The minimum atomic E-state index is 0.111. The number of thiophene rings is 1. The van der Waals surface area contributed by atoms with E-state index in [-0.39, 0.29) is 6.04 Å². The van der Waals surface area contributed by atoms with Gasteiger partial charge in [-0.3, -0.25) is 0 Å². The van der Waals surface area contributed by atoms with E-state index in [0.29, 0.717) is 5.25 Å². The zero-order chi connectivity index (χ0) is 9.97. The van der Waals surface area contributed by atoms with Gasteiger partial charge in [-0.1, -0.05) is 11.6 Å². The molecule has 2 N–H and O–H groups in total. The van der Waals surface area contributed by atoms with Crippen LogP contribution >= 0.6 is 46.5 Å². The molecule has 0 amide bonds. The van der Waals surface area contributed by atoms with Gasteiger partial charge in [0.15, 0.2) is 0 Å². The highest BCUT2D eigenvalue weighted by Crippen LogP contribution is 2.36. The van der Waals surface area contributed by atoms with Gasteiger partial charge in [-0.25, -0.2) is 0 Å². The summed E-state index contributed by atoms with van der Waals surface area (Å²) in [6, 6.07) is 2.04. The van der Waals surface area contributed by atoms with Crippen LogP contribution in [0.2, 0.25) is 5.02 Å². The minimum absolute atomic E-state index is 0.111. The Morgan fingerprint density at radius 3 is 2.93 bits per heavy atom. The third kappa shape index (κ3) is 2.42. The lowest BCUT2D eigenvalue weighted by Gasteiger charge is -2.26. The molecule has 0 spiro atoms. The molecule has 2 heterocycles.